The maximum Gasteiger partial charge on any atom is 0.227 e. The average Bonchev–Trinajstić information content (AvgIpc) is 2.98. The Hall–Kier alpha value is -1.96. The summed E-state index contributed by atoms with van der Waals surface area (Å²) in [6.07, 6.45) is 6.61. The molecule has 0 spiro atoms. The van der Waals surface area contributed by atoms with Crippen LogP contribution in [-0.2, 0) is 21.5 Å². The Kier molecular flexibility index (Phi) is 7.14. The highest BCUT2D eigenvalue weighted by Gasteiger charge is 2.38. The highest BCUT2D eigenvalue weighted by Crippen LogP contribution is 2.34. The molecule has 2 amide bonds. The van der Waals surface area contributed by atoms with Gasteiger partial charge in [0.2, 0.25) is 17.7 Å². The van der Waals surface area contributed by atoms with Crippen molar-refractivity contribution < 1.29 is 14.1 Å². The molecule has 1 aromatic heterocycles. The van der Waals surface area contributed by atoms with Crippen LogP contribution in [0.5, 0.6) is 0 Å². The van der Waals surface area contributed by atoms with E-state index in [4.69, 9.17) is 10.3 Å². The third-order valence-electron chi connectivity index (χ3n) is 5.22. The molecular formula is C18H31N5O3. The van der Waals surface area contributed by atoms with E-state index in [9.17, 15) is 9.59 Å². The van der Waals surface area contributed by atoms with E-state index in [0.717, 1.165) is 38.5 Å². The number of rotatable bonds is 7. The summed E-state index contributed by atoms with van der Waals surface area (Å²) < 4.78 is 5.37. The molecule has 146 valence electrons. The smallest absolute Gasteiger partial charge is 0.227 e. The van der Waals surface area contributed by atoms with Gasteiger partial charge >= 0.3 is 0 Å². The van der Waals surface area contributed by atoms with E-state index in [2.05, 4.69) is 15.5 Å². The molecule has 0 saturated heterocycles. The number of nitrogens with one attached hydrogen (secondary N) is 1. The summed E-state index contributed by atoms with van der Waals surface area (Å²) in [5.41, 5.74) is 5.05. The van der Waals surface area contributed by atoms with E-state index < -0.39 is 5.54 Å². The van der Waals surface area contributed by atoms with Crippen molar-refractivity contribution in [2.24, 2.45) is 5.73 Å². The molecule has 26 heavy (non-hydrogen) atoms. The maximum absolute atomic E-state index is 12.2. The van der Waals surface area contributed by atoms with Gasteiger partial charge in [0.25, 0.3) is 0 Å². The van der Waals surface area contributed by atoms with Crippen LogP contribution in [-0.4, -0.2) is 46.5 Å². The molecule has 0 aromatic carbocycles. The first-order chi connectivity index (χ1) is 12.4. The van der Waals surface area contributed by atoms with E-state index in [1.54, 1.807) is 11.9 Å². The Morgan fingerprint density at radius 2 is 1.96 bits per heavy atom. The van der Waals surface area contributed by atoms with Gasteiger partial charge in [-0.2, -0.15) is 4.98 Å². The summed E-state index contributed by atoms with van der Waals surface area (Å²) in [5, 5.41) is 7.19. The number of hydrogen-bond donors (Lipinski definition) is 2. The van der Waals surface area contributed by atoms with Gasteiger partial charge in [-0.1, -0.05) is 30.8 Å². The van der Waals surface area contributed by atoms with Gasteiger partial charge in [0.1, 0.15) is 5.54 Å². The first-order valence-corrected chi connectivity index (χ1v) is 9.45. The highest BCUT2D eigenvalue weighted by molar-refractivity contribution is 5.76. The summed E-state index contributed by atoms with van der Waals surface area (Å²) >= 11 is 0. The zero-order valence-corrected chi connectivity index (χ0v) is 16.1. The van der Waals surface area contributed by atoms with Crippen molar-refractivity contribution >= 4 is 11.8 Å². The second-order valence-corrected chi connectivity index (χ2v) is 7.28. The average molecular weight is 365 g/mol. The van der Waals surface area contributed by atoms with Crippen LogP contribution in [0.3, 0.4) is 0 Å². The zero-order valence-electron chi connectivity index (χ0n) is 16.1. The molecule has 2 rings (SSSR count). The van der Waals surface area contributed by atoms with Crippen molar-refractivity contribution in [3.05, 3.63) is 11.7 Å². The van der Waals surface area contributed by atoms with Gasteiger partial charge in [0.05, 0.1) is 0 Å². The largest absolute Gasteiger partial charge is 0.343 e. The molecule has 0 aliphatic heterocycles. The summed E-state index contributed by atoms with van der Waals surface area (Å²) in [7, 11) is 1.75. The van der Waals surface area contributed by atoms with E-state index in [1.165, 1.54) is 6.92 Å². The molecular weight excluding hydrogens is 334 g/mol. The Bertz CT molecular complexity index is 608. The Morgan fingerprint density at radius 3 is 2.54 bits per heavy atom. The van der Waals surface area contributed by atoms with Gasteiger partial charge in [0.15, 0.2) is 5.82 Å². The van der Waals surface area contributed by atoms with Gasteiger partial charge in [-0.15, -0.1) is 0 Å². The van der Waals surface area contributed by atoms with Crippen LogP contribution >= 0.6 is 0 Å². The number of carbonyl (C=O) groups excluding carboxylic acids is 2. The van der Waals surface area contributed by atoms with Crippen molar-refractivity contribution in [1.29, 1.82) is 0 Å². The number of carbonyl (C=O) groups is 2. The predicted molar refractivity (Wildman–Crippen MR) is 97.1 cm³/mol. The Balaban J connectivity index is 2.06. The van der Waals surface area contributed by atoms with Crippen LogP contribution in [0.2, 0.25) is 0 Å². The van der Waals surface area contributed by atoms with Crippen molar-refractivity contribution in [3.63, 3.8) is 0 Å². The molecule has 8 heteroatoms. The summed E-state index contributed by atoms with van der Waals surface area (Å²) in [4.78, 5) is 30.1. The highest BCUT2D eigenvalue weighted by atomic mass is 16.5. The number of likely N-dealkylation sites (N-methyl/N-ethyl adjacent to an activating group) is 1. The molecule has 0 radical (unpaired) electrons. The van der Waals surface area contributed by atoms with Crippen LogP contribution in [0, 0.1) is 0 Å². The van der Waals surface area contributed by atoms with E-state index in [0.29, 0.717) is 24.7 Å². The van der Waals surface area contributed by atoms with Crippen LogP contribution in [0.15, 0.2) is 4.52 Å². The second kappa shape index (κ2) is 9.12. The van der Waals surface area contributed by atoms with Crippen molar-refractivity contribution in [1.82, 2.24) is 20.4 Å². The van der Waals surface area contributed by atoms with Gasteiger partial charge < -0.3 is 20.5 Å². The third-order valence-corrected chi connectivity index (χ3v) is 5.22. The van der Waals surface area contributed by atoms with Gasteiger partial charge in [-0.25, -0.2) is 0 Å². The number of amides is 2. The molecule has 0 bridgehead atoms. The fraction of sp³-hybridized carbons (Fsp3) is 0.778. The predicted octanol–water partition coefficient (Wildman–Crippen LogP) is 1.49. The minimum Gasteiger partial charge on any atom is -0.343 e. The standard InChI is InChI=1S/C18H31N5O3/c1-13(12-19)23(3)16(25)9-8-15-20-17(22-26-15)18(21-14(2)24)10-6-4-5-7-11-18/h13H,4-12,19H2,1-3H3,(H,21,24). The van der Waals surface area contributed by atoms with E-state index >= 15 is 0 Å². The lowest BCUT2D eigenvalue weighted by molar-refractivity contribution is -0.131. The maximum atomic E-state index is 12.2. The minimum absolute atomic E-state index is 0.00484. The lowest BCUT2D eigenvalue weighted by atomic mass is 9.89. The monoisotopic (exact) mass is 365 g/mol. The van der Waals surface area contributed by atoms with Gasteiger partial charge in [0, 0.05) is 39.4 Å². The van der Waals surface area contributed by atoms with Crippen LogP contribution in [0.4, 0.5) is 0 Å². The third kappa shape index (κ3) is 5.03. The molecule has 1 aromatic rings. The van der Waals surface area contributed by atoms with Crippen LogP contribution < -0.4 is 11.1 Å². The molecule has 1 heterocycles. The number of aromatic nitrogens is 2. The van der Waals surface area contributed by atoms with Crippen molar-refractivity contribution in [2.45, 2.75) is 76.8 Å². The lowest BCUT2D eigenvalue weighted by Gasteiger charge is -2.30. The zero-order chi connectivity index (χ0) is 19.2. The number of nitrogens with zero attached hydrogens (tertiary/aromatic N) is 3. The minimum atomic E-state index is -0.557. The SMILES string of the molecule is CC(=O)NC1(c2noc(CCC(=O)N(C)C(C)CN)n2)CCCCCC1. The van der Waals surface area contributed by atoms with E-state index in [1.807, 2.05) is 6.92 Å². The fourth-order valence-corrected chi connectivity index (χ4v) is 3.42. The van der Waals surface area contributed by atoms with Gasteiger partial charge in [-0.05, 0) is 19.8 Å². The molecule has 1 atom stereocenters. The van der Waals surface area contributed by atoms with Gasteiger partial charge in [-0.3, -0.25) is 9.59 Å². The molecule has 1 aliphatic rings. The first-order valence-electron chi connectivity index (χ1n) is 9.45. The molecule has 8 nitrogen and oxygen atoms in total. The summed E-state index contributed by atoms with van der Waals surface area (Å²) in [6.45, 7) is 3.85. The van der Waals surface area contributed by atoms with Crippen molar-refractivity contribution in [2.75, 3.05) is 13.6 Å². The topological polar surface area (TPSA) is 114 Å². The molecule has 1 aliphatic carbocycles. The summed E-state index contributed by atoms with van der Waals surface area (Å²) in [5.74, 6) is 0.858. The van der Waals surface area contributed by atoms with Crippen LogP contribution in [0.25, 0.3) is 0 Å². The van der Waals surface area contributed by atoms with E-state index in [-0.39, 0.29) is 24.3 Å². The number of aryl methyl sites for hydroxylation is 1. The van der Waals surface area contributed by atoms with Crippen LogP contribution in [0.1, 0.15) is 70.5 Å². The Labute approximate surface area is 154 Å². The normalized spacial score (nSPS) is 18.0. The molecule has 1 unspecified atom stereocenters. The molecule has 1 saturated carbocycles. The fourth-order valence-electron chi connectivity index (χ4n) is 3.42. The first kappa shape index (κ1) is 20.4. The second-order valence-electron chi connectivity index (χ2n) is 7.28. The molecule has 1 fully saturated rings. The van der Waals surface area contributed by atoms with Crippen molar-refractivity contribution in [3.8, 4) is 0 Å². The number of nitrogens with two attached hydrogens (primary N) is 1. The number of hydrogen-bond acceptors (Lipinski definition) is 6. The summed E-state index contributed by atoms with van der Waals surface area (Å²) in [6, 6.07) is -0.00484. The molecule has 3 N–H and O–H groups in total. The Morgan fingerprint density at radius 1 is 1.31 bits per heavy atom. The quantitative estimate of drug-likeness (QED) is 0.708. The lowest BCUT2D eigenvalue weighted by Crippen LogP contribution is -2.45.